The number of nitrogens with two attached hydrogens (primary N) is 1. The summed E-state index contributed by atoms with van der Waals surface area (Å²) in [5.74, 6) is -0.468. The largest absolute Gasteiger partial charge is 0.325 e. The highest BCUT2D eigenvalue weighted by Gasteiger charge is 2.15. The molecule has 5 nitrogen and oxygen atoms in total. The lowest BCUT2D eigenvalue weighted by Gasteiger charge is -2.19. The first-order valence-corrected chi connectivity index (χ1v) is 8.23. The van der Waals surface area contributed by atoms with Crippen molar-refractivity contribution in [2.45, 2.75) is 33.1 Å². The van der Waals surface area contributed by atoms with Crippen LogP contribution in [0.5, 0.6) is 0 Å². The van der Waals surface area contributed by atoms with Crippen LogP contribution in [0.3, 0.4) is 0 Å². The average molecular weight is 339 g/mol. The van der Waals surface area contributed by atoms with Crippen molar-refractivity contribution in [1.82, 2.24) is 0 Å². The van der Waals surface area contributed by atoms with Gasteiger partial charge >= 0.3 is 0 Å². The smallest absolute Gasteiger partial charge is 0.255 e. The van der Waals surface area contributed by atoms with E-state index in [0.29, 0.717) is 16.9 Å². The third-order valence-electron chi connectivity index (χ3n) is 3.97. The molecule has 132 valence electrons. The highest BCUT2D eigenvalue weighted by atomic mass is 16.2. The molecule has 0 unspecified atom stereocenters. The molecular formula is C20H25N3O2. The van der Waals surface area contributed by atoms with E-state index in [0.717, 1.165) is 5.56 Å². The Morgan fingerprint density at radius 1 is 1.00 bits per heavy atom. The van der Waals surface area contributed by atoms with E-state index in [1.807, 2.05) is 37.3 Å². The first kappa shape index (κ1) is 18.7. The number of nitrogens with one attached hydrogen (secondary N) is 2. The second-order valence-corrected chi connectivity index (χ2v) is 7.06. The van der Waals surface area contributed by atoms with Crippen LogP contribution in [0.25, 0.3) is 0 Å². The van der Waals surface area contributed by atoms with Crippen molar-refractivity contribution >= 4 is 23.2 Å². The topological polar surface area (TPSA) is 84.2 Å². The summed E-state index contributed by atoms with van der Waals surface area (Å²) < 4.78 is 0. The summed E-state index contributed by atoms with van der Waals surface area (Å²) in [5.41, 5.74) is 9.26. The maximum Gasteiger partial charge on any atom is 0.255 e. The van der Waals surface area contributed by atoms with Crippen molar-refractivity contribution in [3.05, 3.63) is 59.2 Å². The molecule has 2 amide bonds. The SMILES string of the molecule is Cc1ccc(NC(=O)CN)cc1NC(=O)c1ccc(C(C)(C)C)cc1. The number of carbonyl (C=O) groups is 2. The summed E-state index contributed by atoms with van der Waals surface area (Å²) in [7, 11) is 0. The fourth-order valence-electron chi connectivity index (χ4n) is 2.36. The minimum atomic E-state index is -0.279. The van der Waals surface area contributed by atoms with Crippen LogP contribution in [0, 0.1) is 6.92 Å². The number of hydrogen-bond acceptors (Lipinski definition) is 3. The summed E-state index contributed by atoms with van der Waals surface area (Å²) in [4.78, 5) is 23.9. The van der Waals surface area contributed by atoms with Gasteiger partial charge in [-0.2, -0.15) is 0 Å². The van der Waals surface area contributed by atoms with Crippen molar-refractivity contribution in [3.8, 4) is 0 Å². The van der Waals surface area contributed by atoms with Crippen LogP contribution in [0.15, 0.2) is 42.5 Å². The number of rotatable bonds is 4. The molecule has 0 atom stereocenters. The van der Waals surface area contributed by atoms with Crippen molar-refractivity contribution in [2.24, 2.45) is 5.73 Å². The van der Waals surface area contributed by atoms with Gasteiger partial charge in [-0.3, -0.25) is 9.59 Å². The summed E-state index contributed by atoms with van der Waals surface area (Å²) in [6.07, 6.45) is 0. The molecule has 0 fully saturated rings. The van der Waals surface area contributed by atoms with Crippen LogP contribution in [0.2, 0.25) is 0 Å². The van der Waals surface area contributed by atoms with Crippen LogP contribution in [0.1, 0.15) is 42.3 Å². The van der Waals surface area contributed by atoms with Crippen LogP contribution in [0.4, 0.5) is 11.4 Å². The van der Waals surface area contributed by atoms with Crippen molar-refractivity contribution < 1.29 is 9.59 Å². The number of aryl methyl sites for hydroxylation is 1. The van der Waals surface area contributed by atoms with Gasteiger partial charge in [-0.1, -0.05) is 39.0 Å². The van der Waals surface area contributed by atoms with Crippen molar-refractivity contribution in [1.29, 1.82) is 0 Å². The van der Waals surface area contributed by atoms with Gasteiger partial charge in [-0.25, -0.2) is 0 Å². The molecule has 4 N–H and O–H groups in total. The summed E-state index contributed by atoms with van der Waals surface area (Å²) in [5, 5.41) is 5.58. The van der Waals surface area contributed by atoms with Crippen LogP contribution in [-0.4, -0.2) is 18.4 Å². The lowest BCUT2D eigenvalue weighted by molar-refractivity contribution is -0.114. The fourth-order valence-corrected chi connectivity index (χ4v) is 2.36. The molecule has 0 spiro atoms. The zero-order valence-electron chi connectivity index (χ0n) is 15.1. The highest BCUT2D eigenvalue weighted by Crippen LogP contribution is 2.24. The molecule has 2 aromatic carbocycles. The lowest BCUT2D eigenvalue weighted by Crippen LogP contribution is -2.22. The monoisotopic (exact) mass is 339 g/mol. The Morgan fingerprint density at radius 3 is 2.20 bits per heavy atom. The predicted molar refractivity (Wildman–Crippen MR) is 102 cm³/mol. The number of benzene rings is 2. The molecule has 2 aromatic rings. The minimum Gasteiger partial charge on any atom is -0.325 e. The molecule has 0 heterocycles. The van der Waals surface area contributed by atoms with Gasteiger partial charge in [0.2, 0.25) is 5.91 Å². The van der Waals surface area contributed by atoms with Crippen LogP contribution < -0.4 is 16.4 Å². The van der Waals surface area contributed by atoms with Gasteiger partial charge in [-0.05, 0) is 47.7 Å². The first-order valence-electron chi connectivity index (χ1n) is 8.23. The Kier molecular flexibility index (Phi) is 5.59. The molecular weight excluding hydrogens is 314 g/mol. The maximum atomic E-state index is 12.5. The molecule has 0 saturated carbocycles. The molecule has 0 radical (unpaired) electrons. The van der Waals surface area contributed by atoms with Gasteiger partial charge in [-0.15, -0.1) is 0 Å². The summed E-state index contributed by atoms with van der Waals surface area (Å²) >= 11 is 0. The quantitative estimate of drug-likeness (QED) is 0.798. The predicted octanol–water partition coefficient (Wildman–Crippen LogP) is 3.44. The molecule has 0 saturated heterocycles. The standard InChI is InChI=1S/C20H25N3O2/c1-13-5-10-16(22-18(24)12-21)11-17(13)23-19(25)14-6-8-15(9-7-14)20(2,3)4/h5-11H,12,21H2,1-4H3,(H,22,24)(H,23,25). The second kappa shape index (κ2) is 7.49. The van der Waals surface area contributed by atoms with Crippen LogP contribution in [-0.2, 0) is 10.2 Å². The molecule has 2 rings (SSSR count). The zero-order valence-corrected chi connectivity index (χ0v) is 15.1. The van der Waals surface area contributed by atoms with Gasteiger partial charge < -0.3 is 16.4 Å². The number of hydrogen-bond donors (Lipinski definition) is 3. The maximum absolute atomic E-state index is 12.5. The van der Waals surface area contributed by atoms with Crippen molar-refractivity contribution in [2.75, 3.05) is 17.2 Å². The molecule has 0 aliphatic heterocycles. The van der Waals surface area contributed by atoms with Gasteiger partial charge in [0, 0.05) is 16.9 Å². The number of amides is 2. The van der Waals surface area contributed by atoms with Gasteiger partial charge in [0.05, 0.1) is 6.54 Å². The Bertz CT molecular complexity index is 775. The normalized spacial score (nSPS) is 11.1. The molecule has 0 bridgehead atoms. The Morgan fingerprint density at radius 2 is 1.64 bits per heavy atom. The Hall–Kier alpha value is -2.66. The van der Waals surface area contributed by atoms with E-state index in [2.05, 4.69) is 31.4 Å². The van der Waals surface area contributed by atoms with E-state index < -0.39 is 0 Å². The van der Waals surface area contributed by atoms with Gasteiger partial charge in [0.25, 0.3) is 5.91 Å². The van der Waals surface area contributed by atoms with E-state index in [9.17, 15) is 9.59 Å². The number of carbonyl (C=O) groups excluding carboxylic acids is 2. The molecule has 0 aliphatic rings. The third kappa shape index (κ3) is 4.90. The summed E-state index contributed by atoms with van der Waals surface area (Å²) in [6, 6.07) is 12.9. The first-order chi connectivity index (χ1) is 11.7. The number of anilines is 2. The average Bonchev–Trinajstić information content (AvgIpc) is 2.57. The highest BCUT2D eigenvalue weighted by molar-refractivity contribution is 6.05. The van der Waals surface area contributed by atoms with E-state index in [-0.39, 0.29) is 23.8 Å². The van der Waals surface area contributed by atoms with Gasteiger partial charge in [0.1, 0.15) is 0 Å². The Balaban J connectivity index is 2.17. The third-order valence-corrected chi connectivity index (χ3v) is 3.97. The Labute approximate surface area is 148 Å². The molecule has 0 aromatic heterocycles. The van der Waals surface area contributed by atoms with Crippen molar-refractivity contribution in [3.63, 3.8) is 0 Å². The van der Waals surface area contributed by atoms with Crippen LogP contribution >= 0.6 is 0 Å². The minimum absolute atomic E-state index is 0.0428. The fraction of sp³-hybridized carbons (Fsp3) is 0.300. The molecule has 5 heteroatoms. The van der Waals surface area contributed by atoms with E-state index in [1.165, 1.54) is 5.56 Å². The van der Waals surface area contributed by atoms with E-state index >= 15 is 0 Å². The molecule has 25 heavy (non-hydrogen) atoms. The summed E-state index contributed by atoms with van der Waals surface area (Å²) in [6.45, 7) is 8.20. The second-order valence-electron chi connectivity index (χ2n) is 7.06. The lowest BCUT2D eigenvalue weighted by atomic mass is 9.87. The molecule has 0 aliphatic carbocycles. The van der Waals surface area contributed by atoms with E-state index in [1.54, 1.807) is 12.1 Å². The zero-order chi connectivity index (χ0) is 18.6. The van der Waals surface area contributed by atoms with Gasteiger partial charge in [0.15, 0.2) is 0 Å². The van der Waals surface area contributed by atoms with E-state index in [4.69, 9.17) is 5.73 Å².